The van der Waals surface area contributed by atoms with Gasteiger partial charge in [-0.2, -0.15) is 0 Å². The molecule has 1 aliphatic rings. The number of benzene rings is 3. The van der Waals surface area contributed by atoms with Gasteiger partial charge in [-0.3, -0.25) is 24.6 Å². The molecule has 0 unspecified atom stereocenters. The Kier molecular flexibility index (Phi) is 5.58. The average molecular weight is 472 g/mol. The first-order valence-electron chi connectivity index (χ1n) is 10.7. The molecule has 0 spiro atoms. The van der Waals surface area contributed by atoms with E-state index in [0.717, 1.165) is 32.8 Å². The molecule has 1 amide bonds. The van der Waals surface area contributed by atoms with E-state index in [0.29, 0.717) is 5.56 Å². The number of nitrogens with zero attached hydrogens (tertiary/aromatic N) is 2. The lowest BCUT2D eigenvalue weighted by atomic mass is 10.1. The molecule has 1 aromatic heterocycles. The van der Waals surface area contributed by atoms with Gasteiger partial charge in [-0.25, -0.2) is 18.6 Å². The Labute approximate surface area is 197 Å². The number of fused-ring (bicyclic) bond motifs is 1. The second kappa shape index (κ2) is 8.86. The minimum absolute atomic E-state index is 0.0927. The quantitative estimate of drug-likeness (QED) is 0.476. The van der Waals surface area contributed by atoms with Crippen LogP contribution in [0.3, 0.4) is 0 Å². The maximum absolute atomic E-state index is 14.6. The van der Waals surface area contributed by atoms with Crippen LogP contribution in [-0.4, -0.2) is 20.5 Å². The summed E-state index contributed by atoms with van der Waals surface area (Å²) in [5.41, 5.74) is 3.35. The number of nitrogens with one attached hydrogen (secondary N) is 2. The van der Waals surface area contributed by atoms with Gasteiger partial charge in [-0.15, -0.1) is 0 Å². The van der Waals surface area contributed by atoms with E-state index in [4.69, 9.17) is 0 Å². The van der Waals surface area contributed by atoms with Crippen LogP contribution >= 0.6 is 0 Å². The lowest BCUT2D eigenvalue weighted by Gasteiger charge is -2.23. The summed E-state index contributed by atoms with van der Waals surface area (Å²) in [4.78, 5) is 39.6. The van der Waals surface area contributed by atoms with Gasteiger partial charge in [0.2, 0.25) is 0 Å². The van der Waals surface area contributed by atoms with Crippen molar-refractivity contribution in [2.24, 2.45) is 0 Å². The molecule has 7 nitrogen and oxygen atoms in total. The van der Waals surface area contributed by atoms with Crippen LogP contribution in [0, 0.1) is 11.6 Å². The minimum Gasteiger partial charge on any atom is -0.298 e. The SMILES string of the molecule is O=C(c1cc(Cn2c(=O)[nH]c(=O)c3c(F)cccc32)ccc1F)N1C=CC(c2ccccc2)=CN1. The molecule has 4 aromatic rings. The Bertz CT molecular complexity index is 1640. The van der Waals surface area contributed by atoms with Gasteiger partial charge >= 0.3 is 5.69 Å². The van der Waals surface area contributed by atoms with Crippen molar-refractivity contribution in [1.29, 1.82) is 0 Å². The van der Waals surface area contributed by atoms with Crippen molar-refractivity contribution < 1.29 is 13.6 Å². The topological polar surface area (TPSA) is 87.2 Å². The second-order valence-electron chi connectivity index (χ2n) is 7.88. The van der Waals surface area contributed by atoms with Crippen LogP contribution in [-0.2, 0) is 6.54 Å². The summed E-state index contributed by atoms with van der Waals surface area (Å²) in [6, 6.07) is 17.4. The maximum atomic E-state index is 14.6. The second-order valence-corrected chi connectivity index (χ2v) is 7.88. The van der Waals surface area contributed by atoms with Crippen molar-refractivity contribution >= 4 is 22.4 Å². The van der Waals surface area contributed by atoms with Crippen LogP contribution in [0.2, 0.25) is 0 Å². The van der Waals surface area contributed by atoms with E-state index < -0.39 is 28.8 Å². The summed E-state index contributed by atoms with van der Waals surface area (Å²) < 4.78 is 30.0. The standard InChI is InChI=1S/C26H18F2N4O3/c27-20-10-9-16(15-31-22-8-4-7-21(28)23(22)24(33)30-26(31)35)13-19(20)25(34)32-12-11-18(14-29-32)17-5-2-1-3-6-17/h1-14,29H,15H2,(H,30,33,35). The lowest BCUT2D eigenvalue weighted by molar-refractivity contribution is 0.0775. The smallest absolute Gasteiger partial charge is 0.298 e. The number of H-pyrrole nitrogens is 1. The van der Waals surface area contributed by atoms with Crippen LogP contribution in [0.5, 0.6) is 0 Å². The third kappa shape index (κ3) is 4.15. The molecule has 0 bridgehead atoms. The fraction of sp³-hybridized carbons (Fsp3) is 0.0385. The molecule has 2 heterocycles. The van der Waals surface area contributed by atoms with Crippen molar-refractivity contribution in [1.82, 2.24) is 20.0 Å². The van der Waals surface area contributed by atoms with Crippen molar-refractivity contribution in [3.8, 4) is 0 Å². The normalized spacial score (nSPS) is 13.0. The molecule has 1 aliphatic heterocycles. The van der Waals surface area contributed by atoms with Gasteiger partial charge in [0, 0.05) is 18.0 Å². The van der Waals surface area contributed by atoms with Crippen molar-refractivity contribution in [3.05, 3.63) is 134 Å². The number of aromatic nitrogens is 2. The zero-order chi connectivity index (χ0) is 24.5. The molecular formula is C26H18F2N4O3. The largest absolute Gasteiger partial charge is 0.329 e. The number of carbonyl (C=O) groups is 1. The summed E-state index contributed by atoms with van der Waals surface area (Å²) in [6.07, 6.45) is 4.86. The van der Waals surface area contributed by atoms with E-state index in [1.54, 1.807) is 12.3 Å². The van der Waals surface area contributed by atoms with E-state index >= 15 is 0 Å². The monoisotopic (exact) mass is 472 g/mol. The number of hydrogen-bond donors (Lipinski definition) is 2. The summed E-state index contributed by atoms with van der Waals surface area (Å²) in [6.45, 7) is -0.114. The molecule has 35 heavy (non-hydrogen) atoms. The van der Waals surface area contributed by atoms with Gasteiger partial charge in [0.25, 0.3) is 11.5 Å². The van der Waals surface area contributed by atoms with E-state index in [-0.39, 0.29) is 23.0 Å². The van der Waals surface area contributed by atoms with Gasteiger partial charge in [0.05, 0.1) is 23.0 Å². The molecule has 0 fully saturated rings. The van der Waals surface area contributed by atoms with Gasteiger partial charge in [-0.1, -0.05) is 42.5 Å². The molecule has 3 aromatic carbocycles. The number of carbonyl (C=O) groups excluding carboxylic acids is 1. The van der Waals surface area contributed by atoms with Crippen molar-refractivity contribution in [3.63, 3.8) is 0 Å². The number of hydrogen-bond acceptors (Lipinski definition) is 4. The maximum Gasteiger partial charge on any atom is 0.329 e. The lowest BCUT2D eigenvalue weighted by Crippen LogP contribution is -2.37. The van der Waals surface area contributed by atoms with Crippen LogP contribution < -0.4 is 16.7 Å². The Hall–Kier alpha value is -4.79. The average Bonchev–Trinajstić information content (AvgIpc) is 2.87. The highest BCUT2D eigenvalue weighted by Gasteiger charge is 2.20. The van der Waals surface area contributed by atoms with E-state index in [1.807, 2.05) is 30.3 Å². The first-order valence-corrected chi connectivity index (χ1v) is 10.7. The predicted octanol–water partition coefficient (Wildman–Crippen LogP) is 3.53. The fourth-order valence-electron chi connectivity index (χ4n) is 3.92. The zero-order valence-electron chi connectivity index (χ0n) is 18.2. The molecular weight excluding hydrogens is 454 g/mol. The predicted molar refractivity (Wildman–Crippen MR) is 127 cm³/mol. The molecule has 2 N–H and O–H groups in total. The molecule has 0 aliphatic carbocycles. The van der Waals surface area contributed by atoms with E-state index in [9.17, 15) is 23.2 Å². The van der Waals surface area contributed by atoms with Crippen LogP contribution in [0.25, 0.3) is 16.5 Å². The summed E-state index contributed by atoms with van der Waals surface area (Å²) in [5.74, 6) is -2.15. The fourth-order valence-corrected chi connectivity index (χ4v) is 3.92. The van der Waals surface area contributed by atoms with Crippen molar-refractivity contribution in [2.45, 2.75) is 6.54 Å². The number of hydrazine groups is 1. The molecule has 174 valence electrons. The molecule has 0 radical (unpaired) electrons. The first kappa shape index (κ1) is 22.0. The molecule has 0 atom stereocenters. The van der Waals surface area contributed by atoms with E-state index in [2.05, 4.69) is 10.4 Å². The minimum atomic E-state index is -0.833. The highest BCUT2D eigenvalue weighted by atomic mass is 19.1. The third-order valence-electron chi connectivity index (χ3n) is 5.67. The first-order chi connectivity index (χ1) is 16.9. The van der Waals surface area contributed by atoms with Crippen LogP contribution in [0.4, 0.5) is 8.78 Å². The van der Waals surface area contributed by atoms with Crippen molar-refractivity contribution in [2.75, 3.05) is 0 Å². The number of amides is 1. The van der Waals surface area contributed by atoms with Gasteiger partial charge < -0.3 is 0 Å². The third-order valence-corrected chi connectivity index (χ3v) is 5.67. The summed E-state index contributed by atoms with van der Waals surface area (Å²) >= 11 is 0. The molecule has 9 heteroatoms. The Balaban J connectivity index is 1.44. The summed E-state index contributed by atoms with van der Waals surface area (Å²) in [5, 5.41) is 0.889. The molecule has 5 rings (SSSR count). The Morgan fingerprint density at radius 2 is 1.71 bits per heavy atom. The zero-order valence-corrected chi connectivity index (χ0v) is 18.2. The highest BCUT2D eigenvalue weighted by Crippen LogP contribution is 2.20. The van der Waals surface area contributed by atoms with Crippen LogP contribution in [0.1, 0.15) is 21.5 Å². The Morgan fingerprint density at radius 3 is 2.46 bits per heavy atom. The van der Waals surface area contributed by atoms with Gasteiger partial charge in [0.15, 0.2) is 0 Å². The highest BCUT2D eigenvalue weighted by molar-refractivity contribution is 5.95. The van der Waals surface area contributed by atoms with E-state index in [1.165, 1.54) is 30.5 Å². The number of halogens is 2. The van der Waals surface area contributed by atoms with Gasteiger partial charge in [0.1, 0.15) is 11.6 Å². The number of allylic oxidation sites excluding steroid dienone is 2. The number of rotatable bonds is 4. The molecule has 0 saturated heterocycles. The van der Waals surface area contributed by atoms with Gasteiger partial charge in [-0.05, 0) is 41.5 Å². The Morgan fingerprint density at radius 1 is 0.914 bits per heavy atom. The summed E-state index contributed by atoms with van der Waals surface area (Å²) in [7, 11) is 0. The number of aromatic amines is 1. The molecule has 0 saturated carbocycles. The van der Waals surface area contributed by atoms with Crippen LogP contribution in [0.15, 0.2) is 94.8 Å².